The lowest BCUT2D eigenvalue weighted by atomic mass is 9.90. The molecule has 1 fully saturated rings. The summed E-state index contributed by atoms with van der Waals surface area (Å²) in [5.41, 5.74) is 9.87. The van der Waals surface area contributed by atoms with Gasteiger partial charge in [-0.3, -0.25) is 29.0 Å². The molecular formula is C47H57N9O8. The first-order valence-electron chi connectivity index (χ1n) is 21.5. The number of urea groups is 1. The Hall–Kier alpha value is -6.98. The Kier molecular flexibility index (Phi) is 15.9. The zero-order chi connectivity index (χ0) is 45.8. The summed E-state index contributed by atoms with van der Waals surface area (Å²) in [6.07, 6.45) is 0.132. The van der Waals surface area contributed by atoms with Crippen molar-refractivity contribution in [2.24, 2.45) is 5.73 Å². The van der Waals surface area contributed by atoms with Gasteiger partial charge >= 0.3 is 12.1 Å². The first-order valence-corrected chi connectivity index (χ1v) is 21.5. The molecule has 3 atom stereocenters. The maximum atomic E-state index is 14.2. The molecule has 7 amide bonds. The molecule has 4 aromatic carbocycles. The number of piperazine rings is 1. The van der Waals surface area contributed by atoms with Crippen molar-refractivity contribution in [2.75, 3.05) is 71.6 Å². The number of benzene rings is 4. The van der Waals surface area contributed by atoms with Crippen LogP contribution in [0.15, 0.2) is 97.1 Å². The standard InChI is InChI=1S/C47H57N9O8/c1-5-44(59)55-31(2)28-42(40-8-6-7-9-41(40)55)56(47(62)64-30-34-10-12-36(13-11-34)51-45(60)32(3)48)38-18-14-35(15-19-38)50-43(58)29-49-46(61)52-37-16-20-39(21-17-37)63-27-26-53-22-24-54(25-23-53)33(4)57/h6-21,31-32,42H,5,22-30,48H2,1-4H3,(H,50,58)(H,51,60)(H2,49,52,61)/t31-,32-,42+/m0/s1. The maximum Gasteiger partial charge on any atom is 0.415 e. The van der Waals surface area contributed by atoms with Gasteiger partial charge in [-0.15, -0.1) is 0 Å². The van der Waals surface area contributed by atoms with Crippen LogP contribution in [0, 0.1) is 0 Å². The SMILES string of the molecule is CCC(=O)N1c2ccccc2[C@H](N(C(=O)OCc2ccc(NC(=O)[C@H](C)N)cc2)c2ccc(NC(=O)CNC(=O)Nc3ccc(OCCN4CCN(C(C)=O)CC4)cc3)cc2)C[C@@H]1C. The van der Waals surface area contributed by atoms with Gasteiger partial charge in [-0.25, -0.2) is 9.59 Å². The van der Waals surface area contributed by atoms with E-state index in [2.05, 4.69) is 26.2 Å². The van der Waals surface area contributed by atoms with Crippen LogP contribution in [-0.4, -0.2) is 104 Å². The Bertz CT molecular complexity index is 2260. The number of nitrogens with one attached hydrogen (secondary N) is 4. The monoisotopic (exact) mass is 875 g/mol. The molecule has 0 bridgehead atoms. The largest absolute Gasteiger partial charge is 0.492 e. The van der Waals surface area contributed by atoms with Gasteiger partial charge in [-0.2, -0.15) is 0 Å². The Balaban J connectivity index is 1.05. The van der Waals surface area contributed by atoms with Crippen molar-refractivity contribution in [3.05, 3.63) is 108 Å². The summed E-state index contributed by atoms with van der Waals surface area (Å²) in [6.45, 7) is 10.9. The van der Waals surface area contributed by atoms with Gasteiger partial charge in [0.1, 0.15) is 19.0 Å². The van der Waals surface area contributed by atoms with Crippen molar-refractivity contribution in [3.63, 3.8) is 0 Å². The van der Waals surface area contributed by atoms with Crippen LogP contribution in [0.5, 0.6) is 5.75 Å². The zero-order valence-electron chi connectivity index (χ0n) is 36.7. The second-order valence-electron chi connectivity index (χ2n) is 15.8. The van der Waals surface area contributed by atoms with Crippen LogP contribution in [0.1, 0.15) is 57.7 Å². The third kappa shape index (κ3) is 12.4. The molecule has 2 aliphatic rings. The molecule has 2 aliphatic heterocycles. The Morgan fingerprint density at radius 3 is 2.09 bits per heavy atom. The van der Waals surface area contributed by atoms with E-state index in [4.69, 9.17) is 15.2 Å². The molecule has 17 nitrogen and oxygen atoms in total. The molecule has 0 aliphatic carbocycles. The van der Waals surface area contributed by atoms with Crippen LogP contribution in [0.4, 0.5) is 38.0 Å². The Morgan fingerprint density at radius 1 is 0.812 bits per heavy atom. The number of nitrogens with zero attached hydrogens (tertiary/aromatic N) is 4. The number of hydrogen-bond donors (Lipinski definition) is 5. The fourth-order valence-electron chi connectivity index (χ4n) is 7.60. The molecule has 1 saturated heterocycles. The van der Waals surface area contributed by atoms with Gasteiger partial charge in [-0.1, -0.05) is 37.3 Å². The number of anilines is 5. The molecule has 0 unspecified atom stereocenters. The van der Waals surface area contributed by atoms with Gasteiger partial charge < -0.3 is 46.3 Å². The quantitative estimate of drug-likeness (QED) is 0.0986. The molecule has 0 spiro atoms. The van der Waals surface area contributed by atoms with E-state index in [-0.39, 0.29) is 36.9 Å². The smallest absolute Gasteiger partial charge is 0.415 e. The maximum absolute atomic E-state index is 14.2. The molecule has 4 aromatic rings. The summed E-state index contributed by atoms with van der Waals surface area (Å²) in [7, 11) is 0. The van der Waals surface area contributed by atoms with Crippen molar-refractivity contribution in [1.82, 2.24) is 15.1 Å². The second-order valence-corrected chi connectivity index (χ2v) is 15.8. The average molecular weight is 876 g/mol. The Labute approximate surface area is 373 Å². The summed E-state index contributed by atoms with van der Waals surface area (Å²) in [5, 5.41) is 10.8. The number of ether oxygens (including phenoxy) is 2. The lowest BCUT2D eigenvalue weighted by Gasteiger charge is -2.43. The molecule has 2 heterocycles. The lowest BCUT2D eigenvalue weighted by molar-refractivity contribution is -0.130. The highest BCUT2D eigenvalue weighted by Gasteiger charge is 2.39. The van der Waals surface area contributed by atoms with Crippen molar-refractivity contribution >= 4 is 64.2 Å². The van der Waals surface area contributed by atoms with E-state index in [1.54, 1.807) is 96.4 Å². The fourth-order valence-corrected chi connectivity index (χ4v) is 7.60. The molecular weight excluding hydrogens is 819 g/mol. The number of hydrogen-bond acceptors (Lipinski definition) is 10. The summed E-state index contributed by atoms with van der Waals surface area (Å²) >= 11 is 0. The molecule has 338 valence electrons. The van der Waals surface area contributed by atoms with Crippen molar-refractivity contribution in [1.29, 1.82) is 0 Å². The van der Waals surface area contributed by atoms with Crippen molar-refractivity contribution < 1.29 is 38.2 Å². The highest BCUT2D eigenvalue weighted by Crippen LogP contribution is 2.43. The first-order chi connectivity index (χ1) is 30.8. The third-order valence-electron chi connectivity index (χ3n) is 11.1. The minimum absolute atomic E-state index is 0.0231. The Morgan fingerprint density at radius 2 is 1.44 bits per heavy atom. The van der Waals surface area contributed by atoms with Crippen LogP contribution in [0.25, 0.3) is 0 Å². The molecule has 6 rings (SSSR count). The van der Waals surface area contributed by atoms with Crippen molar-refractivity contribution in [2.45, 2.75) is 65.3 Å². The molecule has 6 N–H and O–H groups in total. The molecule has 0 aromatic heterocycles. The summed E-state index contributed by atoms with van der Waals surface area (Å²) in [6, 6.07) is 26.1. The van der Waals surface area contributed by atoms with E-state index >= 15 is 0 Å². The van der Waals surface area contributed by atoms with Crippen LogP contribution >= 0.6 is 0 Å². The van der Waals surface area contributed by atoms with Crippen molar-refractivity contribution in [3.8, 4) is 5.75 Å². The summed E-state index contributed by atoms with van der Waals surface area (Å²) in [4.78, 5) is 83.9. The minimum atomic E-state index is -0.671. The fraction of sp³-hybridized carbons (Fsp3) is 0.362. The highest BCUT2D eigenvalue weighted by molar-refractivity contribution is 5.98. The molecule has 64 heavy (non-hydrogen) atoms. The molecule has 0 saturated carbocycles. The molecule has 0 radical (unpaired) electrons. The van der Waals surface area contributed by atoms with Crippen LogP contribution < -0.4 is 41.5 Å². The summed E-state index contributed by atoms with van der Waals surface area (Å²) in [5.74, 6) is -0.0652. The van der Waals surface area contributed by atoms with E-state index in [1.165, 1.54) is 0 Å². The summed E-state index contributed by atoms with van der Waals surface area (Å²) < 4.78 is 11.8. The third-order valence-corrected chi connectivity index (χ3v) is 11.1. The number of nitrogens with two attached hydrogens (primary N) is 1. The average Bonchev–Trinajstić information content (AvgIpc) is 3.29. The zero-order valence-corrected chi connectivity index (χ0v) is 36.7. The van der Waals surface area contributed by atoms with E-state index in [0.29, 0.717) is 66.6 Å². The topological polar surface area (TPSA) is 208 Å². The van der Waals surface area contributed by atoms with E-state index in [0.717, 1.165) is 30.9 Å². The van der Waals surface area contributed by atoms with Gasteiger partial charge in [0.2, 0.25) is 23.6 Å². The lowest BCUT2D eigenvalue weighted by Crippen LogP contribution is -2.48. The predicted molar refractivity (Wildman–Crippen MR) is 245 cm³/mol. The number of para-hydroxylation sites is 1. The number of rotatable bonds is 15. The van der Waals surface area contributed by atoms with E-state index < -0.39 is 30.1 Å². The van der Waals surface area contributed by atoms with Crippen LogP contribution in [-0.2, 0) is 30.5 Å². The van der Waals surface area contributed by atoms with E-state index in [1.807, 2.05) is 43.0 Å². The van der Waals surface area contributed by atoms with Gasteiger partial charge in [0.05, 0.1) is 18.6 Å². The number of carbonyl (C=O) groups excluding carboxylic acids is 6. The van der Waals surface area contributed by atoms with Gasteiger partial charge in [0.25, 0.3) is 0 Å². The van der Waals surface area contributed by atoms with Crippen LogP contribution in [0.3, 0.4) is 0 Å². The number of carbonyl (C=O) groups is 6. The first kappa shape index (κ1) is 46.5. The second kappa shape index (κ2) is 21.9. The highest BCUT2D eigenvalue weighted by atomic mass is 16.6. The number of fused-ring (bicyclic) bond motifs is 1. The predicted octanol–water partition coefficient (Wildman–Crippen LogP) is 5.70. The normalized spacial score (nSPS) is 16.4. The molecule has 17 heteroatoms. The van der Waals surface area contributed by atoms with E-state index in [9.17, 15) is 28.8 Å². The van der Waals surface area contributed by atoms with Crippen LogP contribution in [0.2, 0.25) is 0 Å². The number of amides is 7. The van der Waals surface area contributed by atoms with Gasteiger partial charge in [0, 0.05) is 80.5 Å². The van der Waals surface area contributed by atoms with Gasteiger partial charge in [0.15, 0.2) is 0 Å². The minimum Gasteiger partial charge on any atom is -0.492 e. The van der Waals surface area contributed by atoms with Gasteiger partial charge in [-0.05, 0) is 98.1 Å².